The van der Waals surface area contributed by atoms with Gasteiger partial charge in [-0.05, 0) is 48.2 Å². The molecule has 2 heterocycles. The molecule has 2 aliphatic heterocycles. The highest BCUT2D eigenvalue weighted by Gasteiger charge is 2.26. The lowest BCUT2D eigenvalue weighted by molar-refractivity contribution is -0.384. The Bertz CT molecular complexity index is 1090. The molecule has 0 aromatic heterocycles. The molecule has 0 unspecified atom stereocenters. The molecule has 0 saturated carbocycles. The average Bonchev–Trinajstić information content (AvgIpc) is 2.82. The quantitative estimate of drug-likeness (QED) is 0.330. The van der Waals surface area contributed by atoms with E-state index in [1.54, 1.807) is 29.2 Å². The van der Waals surface area contributed by atoms with E-state index < -0.39 is 16.8 Å². The molecule has 0 atom stereocenters. The lowest BCUT2D eigenvalue weighted by Crippen LogP contribution is -2.39. The van der Waals surface area contributed by atoms with Gasteiger partial charge in [-0.1, -0.05) is 12.1 Å². The summed E-state index contributed by atoms with van der Waals surface area (Å²) >= 11 is 0. The number of rotatable bonds is 5. The Morgan fingerprint density at radius 1 is 1.25 bits per heavy atom. The Morgan fingerprint density at radius 3 is 2.75 bits per heavy atom. The summed E-state index contributed by atoms with van der Waals surface area (Å²) in [5.41, 5.74) is 2.18. The predicted molar refractivity (Wildman–Crippen MR) is 114 cm³/mol. The van der Waals surface area contributed by atoms with E-state index in [1.165, 1.54) is 12.1 Å². The number of aliphatic carboxylic acids is 1. The third kappa shape index (κ3) is 4.47. The van der Waals surface area contributed by atoms with Gasteiger partial charge in [0.05, 0.1) is 29.1 Å². The number of benzene rings is 2. The molecule has 1 fully saturated rings. The van der Waals surface area contributed by atoms with E-state index in [1.807, 2.05) is 6.07 Å². The number of fused-ring (bicyclic) bond motifs is 1. The third-order valence-corrected chi connectivity index (χ3v) is 5.70. The maximum atomic E-state index is 12.6. The van der Waals surface area contributed by atoms with Crippen molar-refractivity contribution in [2.45, 2.75) is 19.3 Å². The Labute approximate surface area is 183 Å². The number of hydrogen-bond donors (Lipinski definition) is 1. The van der Waals surface area contributed by atoms with Gasteiger partial charge in [0.15, 0.2) is 5.75 Å². The van der Waals surface area contributed by atoms with Crippen LogP contribution in [0.3, 0.4) is 0 Å². The first-order valence-corrected chi connectivity index (χ1v) is 10.3. The van der Waals surface area contributed by atoms with Crippen LogP contribution < -0.4 is 4.89 Å². The molecular weight excluding hydrogens is 416 g/mol. The molecule has 0 spiro atoms. The molecule has 1 saturated heterocycles. The van der Waals surface area contributed by atoms with Crippen LogP contribution in [-0.4, -0.2) is 46.5 Å². The maximum Gasteiger partial charge on any atom is 0.306 e. The van der Waals surface area contributed by atoms with E-state index in [9.17, 15) is 19.7 Å². The van der Waals surface area contributed by atoms with Crippen LogP contribution in [0.5, 0.6) is 5.75 Å². The number of nitrogens with zero attached hydrogens (tertiary/aromatic N) is 2. The van der Waals surface area contributed by atoms with Crippen molar-refractivity contribution >= 4 is 23.6 Å². The highest BCUT2D eigenvalue weighted by atomic mass is 17.2. The first-order chi connectivity index (χ1) is 15.4. The maximum absolute atomic E-state index is 12.6. The van der Waals surface area contributed by atoms with Gasteiger partial charge in [-0.2, -0.15) is 4.89 Å². The standard InChI is InChI=1S/C23H21N2O7/c26-21(24-11-8-16(9-12-24)23(27)28)7-5-15-2-1-3-19(25(29)30)22(15)18-4-6-20-17(14-18)10-13-31-32-20/h1-2,4-7,14,16H,8-13H2,(H,27,28)/b7-5+. The number of amides is 1. The van der Waals surface area contributed by atoms with Crippen molar-refractivity contribution in [2.75, 3.05) is 19.7 Å². The average molecular weight is 437 g/mol. The number of nitro benzene ring substituents is 1. The lowest BCUT2D eigenvalue weighted by atomic mass is 9.94. The van der Waals surface area contributed by atoms with Crippen LogP contribution in [-0.2, 0) is 20.9 Å². The van der Waals surface area contributed by atoms with Crippen LogP contribution in [0.2, 0.25) is 0 Å². The Kier molecular flexibility index (Phi) is 6.18. The van der Waals surface area contributed by atoms with Crippen LogP contribution in [0.1, 0.15) is 24.0 Å². The SMILES string of the molecule is O=C(O)C1CCN(C(=O)/C=C/c2cc[c]c([N+](=O)[O-])c2-c2ccc3c(c2)CCOO3)CC1. The number of carboxylic acids is 1. The Hall–Kier alpha value is -3.72. The van der Waals surface area contributed by atoms with Gasteiger partial charge < -0.3 is 14.9 Å². The molecule has 32 heavy (non-hydrogen) atoms. The summed E-state index contributed by atoms with van der Waals surface area (Å²) in [7, 11) is 0. The molecule has 9 heteroatoms. The second-order valence-corrected chi connectivity index (χ2v) is 7.66. The number of hydrogen-bond acceptors (Lipinski definition) is 6. The van der Waals surface area contributed by atoms with Gasteiger partial charge in [0.1, 0.15) is 0 Å². The molecule has 2 aromatic rings. The van der Waals surface area contributed by atoms with Crippen molar-refractivity contribution in [3.05, 3.63) is 63.7 Å². The van der Waals surface area contributed by atoms with E-state index >= 15 is 0 Å². The second-order valence-electron chi connectivity index (χ2n) is 7.66. The normalized spacial score (nSPS) is 16.4. The fraction of sp³-hybridized carbons (Fsp3) is 0.304. The molecule has 1 N–H and O–H groups in total. The highest BCUT2D eigenvalue weighted by molar-refractivity contribution is 5.94. The van der Waals surface area contributed by atoms with Crippen LogP contribution in [0.25, 0.3) is 17.2 Å². The van der Waals surface area contributed by atoms with Crippen LogP contribution in [0.15, 0.2) is 36.4 Å². The number of likely N-dealkylation sites (tertiary alicyclic amines) is 1. The first kappa shape index (κ1) is 21.5. The third-order valence-electron chi connectivity index (χ3n) is 5.70. The summed E-state index contributed by atoms with van der Waals surface area (Å²) in [6.45, 7) is 1.12. The zero-order chi connectivity index (χ0) is 22.7. The number of carbonyl (C=O) groups excluding carboxylic acids is 1. The Balaban J connectivity index is 1.62. The second kappa shape index (κ2) is 9.19. The Morgan fingerprint density at radius 2 is 2.03 bits per heavy atom. The number of carbonyl (C=O) groups is 2. The number of carboxylic acid groups (broad SMARTS) is 1. The molecule has 4 rings (SSSR count). The molecule has 0 bridgehead atoms. The van der Waals surface area contributed by atoms with Crippen LogP contribution >= 0.6 is 0 Å². The van der Waals surface area contributed by atoms with Gasteiger partial charge in [-0.3, -0.25) is 19.7 Å². The minimum atomic E-state index is -0.841. The highest BCUT2D eigenvalue weighted by Crippen LogP contribution is 2.37. The van der Waals surface area contributed by atoms with Crippen LogP contribution in [0.4, 0.5) is 5.69 Å². The summed E-state index contributed by atoms with van der Waals surface area (Å²) < 4.78 is 0. The van der Waals surface area contributed by atoms with E-state index in [0.717, 1.165) is 5.56 Å². The van der Waals surface area contributed by atoms with E-state index in [2.05, 4.69) is 6.07 Å². The first-order valence-electron chi connectivity index (χ1n) is 10.3. The van der Waals surface area contributed by atoms with Gasteiger partial charge in [0.2, 0.25) is 5.91 Å². The number of nitro groups is 1. The van der Waals surface area contributed by atoms with Gasteiger partial charge in [-0.25, -0.2) is 0 Å². The summed E-state index contributed by atoms with van der Waals surface area (Å²) in [6.07, 6.45) is 4.36. The fourth-order valence-corrected chi connectivity index (χ4v) is 3.97. The van der Waals surface area contributed by atoms with Gasteiger partial charge in [-0.15, -0.1) is 0 Å². The molecule has 2 aromatic carbocycles. The molecule has 2 aliphatic rings. The van der Waals surface area contributed by atoms with Crippen molar-refractivity contribution in [1.82, 2.24) is 4.90 Å². The fourth-order valence-electron chi connectivity index (χ4n) is 3.97. The minimum absolute atomic E-state index is 0.185. The van der Waals surface area contributed by atoms with E-state index in [-0.39, 0.29) is 11.6 Å². The topological polar surface area (TPSA) is 119 Å². The number of piperidine rings is 1. The van der Waals surface area contributed by atoms with Crippen molar-refractivity contribution in [3.63, 3.8) is 0 Å². The zero-order valence-electron chi connectivity index (χ0n) is 17.2. The largest absolute Gasteiger partial charge is 0.481 e. The van der Waals surface area contributed by atoms with Crippen molar-refractivity contribution < 1.29 is 29.4 Å². The predicted octanol–water partition coefficient (Wildman–Crippen LogP) is 3.26. The summed E-state index contributed by atoms with van der Waals surface area (Å²) in [4.78, 5) is 46.6. The molecular formula is C23H21N2O7. The lowest BCUT2D eigenvalue weighted by Gasteiger charge is -2.29. The van der Waals surface area contributed by atoms with E-state index in [0.29, 0.717) is 61.4 Å². The molecule has 0 aliphatic carbocycles. The summed E-state index contributed by atoms with van der Waals surface area (Å²) in [6, 6.07) is 11.0. The summed E-state index contributed by atoms with van der Waals surface area (Å²) in [5, 5.41) is 20.8. The molecule has 165 valence electrons. The van der Waals surface area contributed by atoms with Crippen molar-refractivity contribution in [1.29, 1.82) is 0 Å². The van der Waals surface area contributed by atoms with E-state index in [4.69, 9.17) is 14.9 Å². The summed E-state index contributed by atoms with van der Waals surface area (Å²) in [5.74, 6) is -0.960. The molecule has 1 amide bonds. The van der Waals surface area contributed by atoms with Crippen molar-refractivity contribution in [3.8, 4) is 16.9 Å². The van der Waals surface area contributed by atoms with Gasteiger partial charge in [0, 0.05) is 31.1 Å². The minimum Gasteiger partial charge on any atom is -0.481 e. The molecule has 9 nitrogen and oxygen atoms in total. The monoisotopic (exact) mass is 437 g/mol. The smallest absolute Gasteiger partial charge is 0.306 e. The van der Waals surface area contributed by atoms with Crippen LogP contribution in [0, 0.1) is 22.1 Å². The van der Waals surface area contributed by atoms with Crippen molar-refractivity contribution in [2.24, 2.45) is 5.92 Å². The zero-order valence-corrected chi connectivity index (χ0v) is 17.2. The van der Waals surface area contributed by atoms with Gasteiger partial charge >= 0.3 is 5.97 Å². The molecule has 1 radical (unpaired) electrons. The van der Waals surface area contributed by atoms with Gasteiger partial charge in [0.25, 0.3) is 5.69 Å².